The Labute approximate surface area is 139 Å². The lowest BCUT2D eigenvalue weighted by atomic mass is 10.2. The second-order valence-corrected chi connectivity index (χ2v) is 8.55. The summed E-state index contributed by atoms with van der Waals surface area (Å²) < 4.78 is 25.3. The summed E-state index contributed by atoms with van der Waals surface area (Å²) in [6.07, 6.45) is 1.20. The first-order valence-electron chi connectivity index (χ1n) is 7.77. The molecule has 7 nitrogen and oxygen atoms in total. The summed E-state index contributed by atoms with van der Waals surface area (Å²) in [5.41, 5.74) is 0.864. The van der Waals surface area contributed by atoms with Crippen LogP contribution in [0.15, 0.2) is 35.3 Å². The summed E-state index contributed by atoms with van der Waals surface area (Å²) in [7, 11) is -3.17. The van der Waals surface area contributed by atoms with Crippen molar-refractivity contribution < 1.29 is 13.2 Å². The quantitative estimate of drug-likeness (QED) is 0.784. The van der Waals surface area contributed by atoms with E-state index in [9.17, 15) is 18.0 Å². The van der Waals surface area contributed by atoms with Gasteiger partial charge in [-0.05, 0) is 26.0 Å². The molecule has 0 radical (unpaired) electrons. The van der Waals surface area contributed by atoms with Crippen molar-refractivity contribution in [3.8, 4) is 0 Å². The van der Waals surface area contributed by atoms with Gasteiger partial charge in [-0.3, -0.25) is 14.2 Å². The molecule has 1 aromatic heterocycles. The van der Waals surface area contributed by atoms with E-state index >= 15 is 0 Å². The fourth-order valence-electron chi connectivity index (χ4n) is 3.02. The fourth-order valence-corrected chi connectivity index (χ4v) is 4.59. The second kappa shape index (κ2) is 6.01. The molecule has 1 aromatic carbocycles. The molecule has 1 aliphatic heterocycles. The third-order valence-electron chi connectivity index (χ3n) is 4.72. The molecule has 2 aromatic rings. The number of carbonyl (C=O) groups is 1. The number of rotatable bonds is 2. The summed E-state index contributed by atoms with van der Waals surface area (Å²) in [6, 6.07) is 6.69. The molecule has 1 amide bonds. The molecule has 0 bridgehead atoms. The van der Waals surface area contributed by atoms with Gasteiger partial charge in [0.05, 0.1) is 28.2 Å². The SMILES string of the molecule is CC1C(C)S(=O)(=O)CCN1C(=O)Cn1c(=O)cnc2ccccc21. The van der Waals surface area contributed by atoms with Crippen molar-refractivity contribution in [2.75, 3.05) is 12.3 Å². The highest BCUT2D eigenvalue weighted by atomic mass is 32.2. The first-order chi connectivity index (χ1) is 11.3. The highest BCUT2D eigenvalue weighted by Gasteiger charge is 2.37. The Hall–Kier alpha value is -2.22. The van der Waals surface area contributed by atoms with Crippen LogP contribution in [-0.2, 0) is 21.2 Å². The van der Waals surface area contributed by atoms with Crippen LogP contribution in [0.1, 0.15) is 13.8 Å². The van der Waals surface area contributed by atoms with E-state index in [0.717, 1.165) is 0 Å². The molecule has 0 N–H and O–H groups in total. The van der Waals surface area contributed by atoms with E-state index in [2.05, 4.69) is 4.98 Å². The lowest BCUT2D eigenvalue weighted by Crippen LogP contribution is -2.55. The van der Waals surface area contributed by atoms with E-state index in [1.54, 1.807) is 36.9 Å². The zero-order valence-electron chi connectivity index (χ0n) is 13.5. The number of nitrogens with zero attached hydrogens (tertiary/aromatic N) is 3. The number of hydrogen-bond donors (Lipinski definition) is 0. The van der Waals surface area contributed by atoms with Crippen LogP contribution in [0.5, 0.6) is 0 Å². The van der Waals surface area contributed by atoms with Crippen LogP contribution in [0, 0.1) is 0 Å². The first-order valence-corrected chi connectivity index (χ1v) is 9.48. The number of hydrogen-bond acceptors (Lipinski definition) is 5. The van der Waals surface area contributed by atoms with Gasteiger partial charge >= 0.3 is 0 Å². The smallest absolute Gasteiger partial charge is 0.269 e. The molecule has 2 atom stereocenters. The Morgan fingerprint density at radius 1 is 1.29 bits per heavy atom. The normalized spacial score (nSPS) is 23.3. The number of fused-ring (bicyclic) bond motifs is 1. The molecule has 0 spiro atoms. The molecule has 1 fully saturated rings. The minimum Gasteiger partial charge on any atom is -0.336 e. The monoisotopic (exact) mass is 349 g/mol. The maximum Gasteiger partial charge on any atom is 0.269 e. The van der Waals surface area contributed by atoms with Crippen LogP contribution in [0.2, 0.25) is 0 Å². The first kappa shape index (κ1) is 16.6. The minimum atomic E-state index is -3.17. The maximum absolute atomic E-state index is 12.7. The van der Waals surface area contributed by atoms with Crippen LogP contribution in [-0.4, -0.2) is 52.4 Å². The van der Waals surface area contributed by atoms with Crippen molar-refractivity contribution >= 4 is 26.8 Å². The molecule has 2 unspecified atom stereocenters. The zero-order valence-corrected chi connectivity index (χ0v) is 14.4. The van der Waals surface area contributed by atoms with E-state index in [1.165, 1.54) is 10.8 Å². The van der Waals surface area contributed by atoms with Crippen molar-refractivity contribution in [1.29, 1.82) is 0 Å². The van der Waals surface area contributed by atoms with Crippen molar-refractivity contribution in [3.63, 3.8) is 0 Å². The van der Waals surface area contributed by atoms with Gasteiger partial charge in [-0.25, -0.2) is 13.4 Å². The van der Waals surface area contributed by atoms with Gasteiger partial charge in [0.2, 0.25) is 5.91 Å². The number of carbonyl (C=O) groups excluding carboxylic acids is 1. The number of sulfone groups is 1. The van der Waals surface area contributed by atoms with Crippen LogP contribution >= 0.6 is 0 Å². The van der Waals surface area contributed by atoms with Gasteiger partial charge in [-0.15, -0.1) is 0 Å². The second-order valence-electron chi connectivity index (χ2n) is 6.07. The summed E-state index contributed by atoms with van der Waals surface area (Å²) in [4.78, 5) is 30.4. The maximum atomic E-state index is 12.7. The van der Waals surface area contributed by atoms with Crippen LogP contribution < -0.4 is 5.56 Å². The van der Waals surface area contributed by atoms with Crippen LogP contribution in [0.4, 0.5) is 0 Å². The fraction of sp³-hybridized carbons (Fsp3) is 0.438. The predicted octanol–water partition coefficient (Wildman–Crippen LogP) is 0.431. The summed E-state index contributed by atoms with van der Waals surface area (Å²) in [6.45, 7) is 3.38. The number of amides is 1. The Balaban J connectivity index is 1.91. The Morgan fingerprint density at radius 2 is 2.00 bits per heavy atom. The summed E-state index contributed by atoms with van der Waals surface area (Å²) in [5, 5.41) is -0.610. The molecule has 1 saturated heterocycles. The van der Waals surface area contributed by atoms with Gasteiger partial charge in [0.25, 0.3) is 5.56 Å². The zero-order chi connectivity index (χ0) is 17.5. The van der Waals surface area contributed by atoms with Crippen LogP contribution in [0.25, 0.3) is 11.0 Å². The van der Waals surface area contributed by atoms with Gasteiger partial charge in [0.1, 0.15) is 6.54 Å². The van der Waals surface area contributed by atoms with E-state index in [0.29, 0.717) is 11.0 Å². The average Bonchev–Trinajstić information content (AvgIpc) is 2.55. The predicted molar refractivity (Wildman–Crippen MR) is 90.4 cm³/mol. The molecular formula is C16H19N3O4S. The highest BCUT2D eigenvalue weighted by molar-refractivity contribution is 7.92. The summed E-state index contributed by atoms with van der Waals surface area (Å²) >= 11 is 0. The van der Waals surface area contributed by atoms with Crippen molar-refractivity contribution in [2.24, 2.45) is 0 Å². The molecule has 3 rings (SSSR count). The largest absolute Gasteiger partial charge is 0.336 e. The Bertz CT molecular complexity index is 951. The Morgan fingerprint density at radius 3 is 2.75 bits per heavy atom. The molecule has 0 aliphatic carbocycles. The number of benzene rings is 1. The van der Waals surface area contributed by atoms with Gasteiger partial charge in [-0.2, -0.15) is 0 Å². The number of para-hydroxylation sites is 2. The van der Waals surface area contributed by atoms with Gasteiger partial charge in [0, 0.05) is 12.6 Å². The van der Waals surface area contributed by atoms with E-state index in [-0.39, 0.29) is 30.3 Å². The molecule has 2 heterocycles. The van der Waals surface area contributed by atoms with Crippen molar-refractivity contribution in [3.05, 3.63) is 40.8 Å². The van der Waals surface area contributed by atoms with Gasteiger partial charge < -0.3 is 4.90 Å². The standard InChI is InChI=1S/C16H19N3O4S/c1-11-12(2)24(22,23)8-7-18(11)16(21)10-19-14-6-4-3-5-13(14)17-9-15(19)20/h3-6,9,11-12H,7-8,10H2,1-2H3. The average molecular weight is 349 g/mol. The van der Waals surface area contributed by atoms with E-state index in [4.69, 9.17) is 0 Å². The highest BCUT2D eigenvalue weighted by Crippen LogP contribution is 2.20. The van der Waals surface area contributed by atoms with Gasteiger partial charge in [-0.1, -0.05) is 12.1 Å². The van der Waals surface area contributed by atoms with E-state index < -0.39 is 21.1 Å². The lowest BCUT2D eigenvalue weighted by molar-refractivity contribution is -0.133. The van der Waals surface area contributed by atoms with Crippen molar-refractivity contribution in [1.82, 2.24) is 14.5 Å². The summed E-state index contributed by atoms with van der Waals surface area (Å²) in [5.74, 6) is -0.307. The topological polar surface area (TPSA) is 89.3 Å². The van der Waals surface area contributed by atoms with Gasteiger partial charge in [0.15, 0.2) is 9.84 Å². The molecular weight excluding hydrogens is 330 g/mol. The molecule has 8 heteroatoms. The molecule has 24 heavy (non-hydrogen) atoms. The number of aromatic nitrogens is 2. The third kappa shape index (κ3) is 2.82. The van der Waals surface area contributed by atoms with E-state index in [1.807, 2.05) is 6.07 Å². The third-order valence-corrected chi connectivity index (χ3v) is 7.00. The van der Waals surface area contributed by atoms with Crippen molar-refractivity contribution in [2.45, 2.75) is 31.7 Å². The lowest BCUT2D eigenvalue weighted by Gasteiger charge is -2.37. The minimum absolute atomic E-state index is 0.0454. The van der Waals surface area contributed by atoms with Crippen LogP contribution in [0.3, 0.4) is 0 Å². The molecule has 128 valence electrons. The Kier molecular flexibility index (Phi) is 4.16. The molecule has 0 saturated carbocycles. The molecule has 1 aliphatic rings.